The van der Waals surface area contributed by atoms with Crippen molar-refractivity contribution in [3.8, 4) is 11.1 Å². The molecule has 0 aliphatic carbocycles. The number of aromatic nitrogens is 2. The number of hydrogen-bond donors (Lipinski definition) is 0. The third kappa shape index (κ3) is 3.22. The first kappa shape index (κ1) is 14.7. The lowest BCUT2D eigenvalue weighted by molar-refractivity contribution is 0.241. The van der Waals surface area contributed by atoms with Crippen molar-refractivity contribution in [3.63, 3.8) is 0 Å². The summed E-state index contributed by atoms with van der Waals surface area (Å²) in [5, 5.41) is 4.33. The van der Waals surface area contributed by atoms with E-state index in [0.29, 0.717) is 0 Å². The maximum atomic E-state index is 11.7. The van der Waals surface area contributed by atoms with Crippen LogP contribution in [0.5, 0.6) is 0 Å². The minimum atomic E-state index is 0.0413. The molecule has 1 heterocycles. The Bertz CT molecular complexity index is 619. The maximum Gasteiger partial charge on any atom is 0.285 e. The van der Waals surface area contributed by atoms with Gasteiger partial charge in [0.05, 0.1) is 6.20 Å². The van der Waals surface area contributed by atoms with E-state index in [1.807, 2.05) is 36.1 Å². The number of hydrogen-bond acceptors (Lipinski definition) is 3. The SMILES string of the molecule is CCn1cc(-c2ccc(SC(=O)N(C)C)c(C)c2)cn1. The van der Waals surface area contributed by atoms with Crippen molar-refractivity contribution in [1.29, 1.82) is 0 Å². The van der Waals surface area contributed by atoms with Gasteiger partial charge in [-0.05, 0) is 42.8 Å². The molecule has 4 nitrogen and oxygen atoms in total. The van der Waals surface area contributed by atoms with Gasteiger partial charge in [0.25, 0.3) is 5.24 Å². The third-order valence-electron chi connectivity index (χ3n) is 3.03. The van der Waals surface area contributed by atoms with Gasteiger partial charge in [-0.3, -0.25) is 9.48 Å². The molecular weight excluding hydrogens is 270 g/mol. The monoisotopic (exact) mass is 289 g/mol. The van der Waals surface area contributed by atoms with E-state index in [4.69, 9.17) is 0 Å². The fourth-order valence-corrected chi connectivity index (χ4v) is 2.54. The molecule has 2 aromatic rings. The molecular formula is C15H19N3OS. The Balaban J connectivity index is 2.23. The standard InChI is InChI=1S/C15H19N3OS/c1-5-18-10-13(9-16-18)12-6-7-14(11(2)8-12)20-15(19)17(3)4/h6-10H,5H2,1-4H3. The number of rotatable bonds is 3. The zero-order chi connectivity index (χ0) is 14.7. The highest BCUT2D eigenvalue weighted by Crippen LogP contribution is 2.28. The largest absolute Gasteiger partial charge is 0.339 e. The van der Waals surface area contributed by atoms with Crippen LogP contribution in [0.1, 0.15) is 12.5 Å². The van der Waals surface area contributed by atoms with Gasteiger partial charge in [0, 0.05) is 37.3 Å². The number of amides is 1. The van der Waals surface area contributed by atoms with Gasteiger partial charge in [-0.25, -0.2) is 0 Å². The first-order valence-electron chi connectivity index (χ1n) is 6.54. The summed E-state index contributed by atoms with van der Waals surface area (Å²) < 4.78 is 1.91. The second-order valence-electron chi connectivity index (χ2n) is 4.83. The minimum Gasteiger partial charge on any atom is -0.339 e. The molecule has 0 saturated carbocycles. The highest BCUT2D eigenvalue weighted by Gasteiger charge is 2.10. The van der Waals surface area contributed by atoms with E-state index in [-0.39, 0.29) is 5.24 Å². The number of nitrogens with zero attached hydrogens (tertiary/aromatic N) is 3. The normalized spacial score (nSPS) is 10.6. The number of carbonyl (C=O) groups excluding carboxylic acids is 1. The molecule has 0 aliphatic rings. The summed E-state index contributed by atoms with van der Waals surface area (Å²) in [5.41, 5.74) is 3.33. The summed E-state index contributed by atoms with van der Waals surface area (Å²) in [6.45, 7) is 4.96. The topological polar surface area (TPSA) is 38.1 Å². The Morgan fingerprint density at radius 1 is 1.35 bits per heavy atom. The first-order chi connectivity index (χ1) is 9.51. The molecule has 1 aromatic carbocycles. The zero-order valence-electron chi connectivity index (χ0n) is 12.3. The van der Waals surface area contributed by atoms with Gasteiger partial charge < -0.3 is 4.90 Å². The van der Waals surface area contributed by atoms with E-state index in [2.05, 4.69) is 18.1 Å². The van der Waals surface area contributed by atoms with Crippen LogP contribution in [0.3, 0.4) is 0 Å². The molecule has 0 aliphatic heterocycles. The molecule has 2 rings (SSSR count). The smallest absolute Gasteiger partial charge is 0.285 e. The van der Waals surface area contributed by atoms with Crippen LogP contribution in [0, 0.1) is 6.92 Å². The molecule has 1 amide bonds. The molecule has 0 radical (unpaired) electrons. The summed E-state index contributed by atoms with van der Waals surface area (Å²) in [7, 11) is 3.52. The van der Waals surface area contributed by atoms with Crippen LogP contribution < -0.4 is 0 Å². The second-order valence-corrected chi connectivity index (χ2v) is 5.82. The fourth-order valence-electron chi connectivity index (χ4n) is 1.81. The summed E-state index contributed by atoms with van der Waals surface area (Å²) in [6, 6.07) is 6.14. The molecule has 5 heteroatoms. The van der Waals surface area contributed by atoms with Crippen molar-refractivity contribution in [1.82, 2.24) is 14.7 Å². The number of aryl methyl sites for hydroxylation is 2. The van der Waals surface area contributed by atoms with Gasteiger partial charge >= 0.3 is 0 Å². The Morgan fingerprint density at radius 2 is 2.10 bits per heavy atom. The lowest BCUT2D eigenvalue weighted by Crippen LogP contribution is -2.16. The lowest BCUT2D eigenvalue weighted by atomic mass is 10.1. The van der Waals surface area contributed by atoms with Gasteiger partial charge in [0.2, 0.25) is 0 Å². The van der Waals surface area contributed by atoms with Crippen LogP contribution >= 0.6 is 11.8 Å². The van der Waals surface area contributed by atoms with E-state index in [1.54, 1.807) is 19.0 Å². The maximum absolute atomic E-state index is 11.7. The van der Waals surface area contributed by atoms with Crippen LogP contribution in [0.15, 0.2) is 35.5 Å². The summed E-state index contributed by atoms with van der Waals surface area (Å²) in [4.78, 5) is 14.3. The Morgan fingerprint density at radius 3 is 2.65 bits per heavy atom. The summed E-state index contributed by atoms with van der Waals surface area (Å²) >= 11 is 1.26. The molecule has 106 valence electrons. The number of thioether (sulfide) groups is 1. The van der Waals surface area contributed by atoms with Gasteiger partial charge in [-0.15, -0.1) is 0 Å². The summed E-state index contributed by atoms with van der Waals surface area (Å²) in [5.74, 6) is 0. The van der Waals surface area contributed by atoms with Crippen LogP contribution in [-0.4, -0.2) is 34.0 Å². The molecule has 0 bridgehead atoms. The van der Waals surface area contributed by atoms with Crippen LogP contribution in [0.4, 0.5) is 4.79 Å². The van der Waals surface area contributed by atoms with Crippen LogP contribution in [-0.2, 0) is 6.54 Å². The quantitative estimate of drug-likeness (QED) is 0.809. The molecule has 0 N–H and O–H groups in total. The predicted octanol–water partition coefficient (Wildman–Crippen LogP) is 3.65. The highest BCUT2D eigenvalue weighted by molar-refractivity contribution is 8.13. The van der Waals surface area contributed by atoms with Crippen molar-refractivity contribution in [2.24, 2.45) is 0 Å². The zero-order valence-corrected chi connectivity index (χ0v) is 13.1. The van der Waals surface area contributed by atoms with E-state index in [1.165, 1.54) is 11.8 Å². The van der Waals surface area contributed by atoms with Gasteiger partial charge in [0.15, 0.2) is 0 Å². The average molecular weight is 289 g/mol. The van der Waals surface area contributed by atoms with Crippen LogP contribution in [0.2, 0.25) is 0 Å². The molecule has 0 fully saturated rings. The average Bonchev–Trinajstić information content (AvgIpc) is 2.89. The molecule has 0 spiro atoms. The van der Waals surface area contributed by atoms with E-state index >= 15 is 0 Å². The third-order valence-corrected chi connectivity index (χ3v) is 4.25. The molecule has 0 saturated heterocycles. The Kier molecular flexibility index (Phi) is 4.49. The van der Waals surface area contributed by atoms with Gasteiger partial charge in [-0.1, -0.05) is 12.1 Å². The summed E-state index contributed by atoms with van der Waals surface area (Å²) in [6.07, 6.45) is 3.91. The van der Waals surface area contributed by atoms with Crippen molar-refractivity contribution in [3.05, 3.63) is 36.2 Å². The van der Waals surface area contributed by atoms with Crippen molar-refractivity contribution < 1.29 is 4.79 Å². The Hall–Kier alpha value is -1.75. The number of carbonyl (C=O) groups is 1. The van der Waals surface area contributed by atoms with Crippen molar-refractivity contribution in [2.45, 2.75) is 25.3 Å². The molecule has 1 aromatic heterocycles. The predicted molar refractivity (Wildman–Crippen MR) is 83.0 cm³/mol. The van der Waals surface area contributed by atoms with E-state index in [0.717, 1.165) is 28.1 Å². The van der Waals surface area contributed by atoms with Gasteiger partial charge in [-0.2, -0.15) is 5.10 Å². The fraction of sp³-hybridized carbons (Fsp3) is 0.333. The molecule has 20 heavy (non-hydrogen) atoms. The lowest BCUT2D eigenvalue weighted by Gasteiger charge is -2.11. The van der Waals surface area contributed by atoms with Crippen molar-refractivity contribution in [2.75, 3.05) is 14.1 Å². The molecule has 0 unspecified atom stereocenters. The number of benzene rings is 1. The Labute approximate surface area is 123 Å². The van der Waals surface area contributed by atoms with E-state index < -0.39 is 0 Å². The van der Waals surface area contributed by atoms with Crippen molar-refractivity contribution >= 4 is 17.0 Å². The highest BCUT2D eigenvalue weighted by atomic mass is 32.2. The molecule has 0 atom stereocenters. The van der Waals surface area contributed by atoms with Crippen LogP contribution in [0.25, 0.3) is 11.1 Å². The minimum absolute atomic E-state index is 0.0413. The second kappa shape index (κ2) is 6.13. The van der Waals surface area contributed by atoms with E-state index in [9.17, 15) is 4.79 Å². The first-order valence-corrected chi connectivity index (χ1v) is 7.35. The van der Waals surface area contributed by atoms with Gasteiger partial charge in [0.1, 0.15) is 0 Å².